The van der Waals surface area contributed by atoms with Gasteiger partial charge in [-0.1, -0.05) is 50.2 Å². The van der Waals surface area contributed by atoms with Crippen LogP contribution in [-0.4, -0.2) is 46.0 Å². The zero-order chi connectivity index (χ0) is 24.7. The first-order valence-corrected chi connectivity index (χ1v) is 12.5. The Kier molecular flexibility index (Phi) is 6.87. The van der Waals surface area contributed by atoms with Crippen LogP contribution in [0.15, 0.2) is 52.3 Å². The normalized spacial score (nSPS) is 16.4. The maximum atomic E-state index is 13.6. The summed E-state index contributed by atoms with van der Waals surface area (Å²) in [6.07, 6.45) is 1.34. The number of aromatic nitrogens is 2. The molecule has 0 saturated carbocycles. The number of fused-ring (bicyclic) bond motifs is 1. The molecule has 6 nitrogen and oxygen atoms in total. The highest BCUT2D eigenvalue weighted by Crippen LogP contribution is 2.38. The Morgan fingerprint density at radius 2 is 2.00 bits per heavy atom. The van der Waals surface area contributed by atoms with Gasteiger partial charge in [0.2, 0.25) is 5.91 Å². The molecule has 1 aliphatic heterocycles. The number of hydrogen-bond donors (Lipinski definition) is 0. The van der Waals surface area contributed by atoms with E-state index in [2.05, 4.69) is 46.2 Å². The van der Waals surface area contributed by atoms with E-state index in [1.807, 2.05) is 44.2 Å². The van der Waals surface area contributed by atoms with Gasteiger partial charge in [0.15, 0.2) is 0 Å². The molecule has 1 saturated heterocycles. The predicted octanol–water partition coefficient (Wildman–Crippen LogP) is 5.46. The van der Waals surface area contributed by atoms with Crippen molar-refractivity contribution in [1.29, 1.82) is 0 Å². The van der Waals surface area contributed by atoms with Crippen molar-refractivity contribution in [1.82, 2.24) is 14.5 Å². The Hall–Kier alpha value is -2.64. The number of para-hydroxylation sites is 1. The van der Waals surface area contributed by atoms with Crippen LogP contribution in [0.2, 0.25) is 5.02 Å². The van der Waals surface area contributed by atoms with E-state index in [1.165, 1.54) is 6.08 Å². The van der Waals surface area contributed by atoms with Crippen LogP contribution >= 0.6 is 27.5 Å². The van der Waals surface area contributed by atoms with Gasteiger partial charge in [-0.3, -0.25) is 9.36 Å². The smallest absolute Gasteiger partial charge is 0.350 e. The highest BCUT2D eigenvalue weighted by Gasteiger charge is 2.30. The van der Waals surface area contributed by atoms with Gasteiger partial charge in [-0.25, -0.2) is 4.79 Å². The second-order valence-electron chi connectivity index (χ2n) is 8.99. The van der Waals surface area contributed by atoms with E-state index in [4.69, 9.17) is 11.6 Å². The van der Waals surface area contributed by atoms with Crippen LogP contribution in [0.1, 0.15) is 37.8 Å². The van der Waals surface area contributed by atoms with Crippen LogP contribution in [0, 0.1) is 6.92 Å². The van der Waals surface area contributed by atoms with Crippen molar-refractivity contribution in [2.45, 2.75) is 39.7 Å². The summed E-state index contributed by atoms with van der Waals surface area (Å²) in [7, 11) is 0. The van der Waals surface area contributed by atoms with E-state index in [1.54, 1.807) is 9.47 Å². The highest BCUT2D eigenvalue weighted by molar-refractivity contribution is 9.10. The fourth-order valence-corrected chi connectivity index (χ4v) is 5.28. The number of halogens is 2. The lowest BCUT2D eigenvalue weighted by Gasteiger charge is -2.40. The molecule has 1 atom stereocenters. The molecule has 0 radical (unpaired) electrons. The van der Waals surface area contributed by atoms with E-state index < -0.39 is 0 Å². The van der Waals surface area contributed by atoms with Gasteiger partial charge in [-0.2, -0.15) is 4.98 Å². The number of aryl methyl sites for hydroxylation is 1. The molecular weight excluding hydrogens is 516 g/mol. The maximum Gasteiger partial charge on any atom is 0.354 e. The molecule has 1 unspecified atom stereocenters. The van der Waals surface area contributed by atoms with Crippen LogP contribution in [0.4, 0.5) is 5.82 Å². The number of carbonyl (C=O) groups excluding carboxylic acids is 1. The largest absolute Gasteiger partial charge is 0.354 e. The van der Waals surface area contributed by atoms with Gasteiger partial charge in [-0.05, 0) is 65.0 Å². The van der Waals surface area contributed by atoms with Gasteiger partial charge < -0.3 is 9.80 Å². The monoisotopic (exact) mass is 542 g/mol. The Balaban J connectivity index is 1.98. The molecule has 0 bridgehead atoms. The number of piperazine rings is 1. The molecule has 178 valence electrons. The molecule has 1 aromatic heterocycles. The lowest BCUT2D eigenvalue weighted by atomic mass is 10.0. The minimum atomic E-state index is -0.343. The van der Waals surface area contributed by atoms with Gasteiger partial charge in [0.05, 0.1) is 16.2 Å². The van der Waals surface area contributed by atoms with Gasteiger partial charge in [0.25, 0.3) is 0 Å². The van der Waals surface area contributed by atoms with E-state index in [9.17, 15) is 9.59 Å². The summed E-state index contributed by atoms with van der Waals surface area (Å²) < 4.78 is 2.45. The standard InChI is InChI=1S/C26H28BrClN4O2/c1-6-22(33)30-11-12-31(16(4)14-30)25-19-13-20(28)23(27)17(5)24(19)32(26(34)29-25)21-10-8-7-9-18(21)15(2)3/h6-10,13,15-16H,1,11-12,14H2,2-5H3. The van der Waals surface area contributed by atoms with Crippen LogP contribution in [0.25, 0.3) is 16.6 Å². The molecule has 8 heteroatoms. The number of anilines is 1. The number of amides is 1. The van der Waals surface area contributed by atoms with Crippen molar-refractivity contribution in [3.63, 3.8) is 0 Å². The molecule has 1 fully saturated rings. The highest BCUT2D eigenvalue weighted by atomic mass is 79.9. The average Bonchev–Trinajstić information content (AvgIpc) is 2.82. The molecule has 0 N–H and O–H groups in total. The summed E-state index contributed by atoms with van der Waals surface area (Å²) in [6.45, 7) is 13.4. The van der Waals surface area contributed by atoms with Crippen molar-refractivity contribution in [3.05, 3.63) is 74.1 Å². The Morgan fingerprint density at radius 1 is 1.29 bits per heavy atom. The first kappa shape index (κ1) is 24.5. The molecule has 2 heterocycles. The number of nitrogens with zero attached hydrogens (tertiary/aromatic N) is 4. The first-order valence-electron chi connectivity index (χ1n) is 11.3. The fraction of sp³-hybridized carbons (Fsp3) is 0.346. The third-order valence-corrected chi connectivity index (χ3v) is 8.01. The Labute approximate surface area is 213 Å². The van der Waals surface area contributed by atoms with Crippen LogP contribution in [0.5, 0.6) is 0 Å². The number of rotatable bonds is 4. The third kappa shape index (κ3) is 4.16. The van der Waals surface area contributed by atoms with E-state index >= 15 is 0 Å². The second kappa shape index (κ2) is 9.55. The molecule has 0 spiro atoms. The topological polar surface area (TPSA) is 58.4 Å². The summed E-state index contributed by atoms with van der Waals surface area (Å²) in [5.74, 6) is 0.728. The average molecular weight is 544 g/mol. The predicted molar refractivity (Wildman–Crippen MR) is 142 cm³/mol. The third-order valence-electron chi connectivity index (χ3n) is 6.46. The van der Waals surface area contributed by atoms with Crippen molar-refractivity contribution in [2.24, 2.45) is 0 Å². The summed E-state index contributed by atoms with van der Waals surface area (Å²) in [5, 5.41) is 1.36. The van der Waals surface area contributed by atoms with E-state index in [0.717, 1.165) is 32.2 Å². The van der Waals surface area contributed by atoms with Crippen molar-refractivity contribution >= 4 is 50.2 Å². The SMILES string of the molecule is C=CC(=O)N1CCN(c2nc(=O)n(-c3ccccc3C(C)C)c3c(C)c(Br)c(Cl)cc23)C(C)C1. The minimum Gasteiger partial charge on any atom is -0.350 e. The number of carbonyl (C=O) groups is 1. The Bertz CT molecular complexity index is 1350. The minimum absolute atomic E-state index is 0.0331. The summed E-state index contributed by atoms with van der Waals surface area (Å²) in [5.41, 5.74) is 3.19. The van der Waals surface area contributed by atoms with Crippen molar-refractivity contribution < 1.29 is 4.79 Å². The quantitative estimate of drug-likeness (QED) is 0.410. The molecule has 2 aromatic carbocycles. The molecule has 1 amide bonds. The maximum absolute atomic E-state index is 13.6. The van der Waals surface area contributed by atoms with Crippen LogP contribution in [0.3, 0.4) is 0 Å². The molecular formula is C26H28BrClN4O2. The summed E-state index contributed by atoms with van der Waals surface area (Å²) >= 11 is 10.2. The zero-order valence-corrected chi connectivity index (χ0v) is 22.2. The van der Waals surface area contributed by atoms with E-state index in [0.29, 0.717) is 30.5 Å². The lowest BCUT2D eigenvalue weighted by Crippen LogP contribution is -2.54. The lowest BCUT2D eigenvalue weighted by molar-refractivity contribution is -0.126. The van der Waals surface area contributed by atoms with E-state index in [-0.39, 0.29) is 23.6 Å². The van der Waals surface area contributed by atoms with Gasteiger partial charge in [0, 0.05) is 35.5 Å². The molecule has 3 aromatic rings. The zero-order valence-electron chi connectivity index (χ0n) is 19.8. The van der Waals surface area contributed by atoms with Gasteiger partial charge in [-0.15, -0.1) is 0 Å². The summed E-state index contributed by atoms with van der Waals surface area (Å²) in [4.78, 5) is 34.2. The van der Waals surface area contributed by atoms with Crippen molar-refractivity contribution in [2.75, 3.05) is 24.5 Å². The van der Waals surface area contributed by atoms with Gasteiger partial charge in [0.1, 0.15) is 5.82 Å². The molecule has 34 heavy (non-hydrogen) atoms. The molecule has 4 rings (SSSR count). The molecule has 1 aliphatic rings. The first-order chi connectivity index (χ1) is 16.1. The fourth-order valence-electron chi connectivity index (χ4n) is 4.72. The number of benzene rings is 2. The second-order valence-corrected chi connectivity index (χ2v) is 10.2. The summed E-state index contributed by atoms with van der Waals surface area (Å²) in [6, 6.07) is 9.77. The van der Waals surface area contributed by atoms with Crippen LogP contribution < -0.4 is 10.6 Å². The van der Waals surface area contributed by atoms with Crippen molar-refractivity contribution in [3.8, 4) is 5.69 Å². The molecule has 0 aliphatic carbocycles. The van der Waals surface area contributed by atoms with Crippen LogP contribution in [-0.2, 0) is 4.79 Å². The number of hydrogen-bond acceptors (Lipinski definition) is 4. The Morgan fingerprint density at radius 3 is 2.65 bits per heavy atom. The van der Waals surface area contributed by atoms with Gasteiger partial charge >= 0.3 is 5.69 Å².